The van der Waals surface area contributed by atoms with Gasteiger partial charge in [0.1, 0.15) is 5.57 Å². The molecule has 0 unspecified atom stereocenters. The molecular formula is C20H18N2O5S. The van der Waals surface area contributed by atoms with E-state index in [9.17, 15) is 9.59 Å². The lowest BCUT2D eigenvalue weighted by Gasteiger charge is -2.29. The fraction of sp³-hybridized carbons (Fsp3) is 0.150. The molecule has 0 saturated carbocycles. The van der Waals surface area contributed by atoms with E-state index in [0.717, 1.165) is 0 Å². The van der Waals surface area contributed by atoms with Crippen LogP contribution < -0.4 is 24.4 Å². The molecule has 2 aromatic rings. The van der Waals surface area contributed by atoms with Crippen LogP contribution in [0.15, 0.2) is 48.0 Å². The Bertz CT molecular complexity index is 972. The maximum atomic E-state index is 13.0. The first-order valence-electron chi connectivity index (χ1n) is 8.27. The Balaban J connectivity index is 2.09. The summed E-state index contributed by atoms with van der Waals surface area (Å²) in [6, 6.07) is 12.2. The van der Waals surface area contributed by atoms with Gasteiger partial charge in [0.15, 0.2) is 16.6 Å². The van der Waals surface area contributed by atoms with Gasteiger partial charge in [0.25, 0.3) is 11.8 Å². The van der Waals surface area contributed by atoms with E-state index < -0.39 is 11.8 Å². The standard InChI is InChI=1S/C20H18N2O5S/c1-25-15-10-9-12(16(26-2)17(15)27-3)11-14-18(23)21-20(28)22(19(14)24)13-7-5-4-6-8-13/h4-11H,1-3H3,(H,21,23,28). The highest BCUT2D eigenvalue weighted by Crippen LogP contribution is 2.40. The summed E-state index contributed by atoms with van der Waals surface area (Å²) < 4.78 is 16.0. The second kappa shape index (κ2) is 8.10. The summed E-state index contributed by atoms with van der Waals surface area (Å²) in [4.78, 5) is 26.8. The van der Waals surface area contributed by atoms with Gasteiger partial charge in [0.2, 0.25) is 5.75 Å². The Kier molecular flexibility index (Phi) is 5.60. The Morgan fingerprint density at radius 3 is 2.21 bits per heavy atom. The smallest absolute Gasteiger partial charge is 0.270 e. The van der Waals surface area contributed by atoms with Gasteiger partial charge in [-0.25, -0.2) is 0 Å². The predicted octanol–water partition coefficient (Wildman–Crippen LogP) is 2.54. The van der Waals surface area contributed by atoms with Crippen LogP contribution in [0.5, 0.6) is 17.2 Å². The number of nitrogens with one attached hydrogen (secondary N) is 1. The van der Waals surface area contributed by atoms with Crippen LogP contribution in [0.3, 0.4) is 0 Å². The summed E-state index contributed by atoms with van der Waals surface area (Å²) in [5, 5.41) is 2.58. The topological polar surface area (TPSA) is 77.1 Å². The zero-order valence-electron chi connectivity index (χ0n) is 15.5. The lowest BCUT2D eigenvalue weighted by Crippen LogP contribution is -2.54. The highest BCUT2D eigenvalue weighted by Gasteiger charge is 2.34. The minimum absolute atomic E-state index is 0.0256. The SMILES string of the molecule is COc1ccc(C=C2C(=O)NC(=S)N(c3ccccc3)C2=O)c(OC)c1OC. The normalized spacial score (nSPS) is 15.5. The van der Waals surface area contributed by atoms with Crippen LogP contribution in [0.2, 0.25) is 0 Å². The van der Waals surface area contributed by atoms with Crippen molar-refractivity contribution in [2.24, 2.45) is 0 Å². The van der Waals surface area contributed by atoms with Gasteiger partial charge < -0.3 is 14.2 Å². The number of hydrogen-bond acceptors (Lipinski definition) is 6. The van der Waals surface area contributed by atoms with E-state index in [0.29, 0.717) is 28.5 Å². The van der Waals surface area contributed by atoms with Crippen molar-refractivity contribution in [2.75, 3.05) is 26.2 Å². The number of para-hydroxylation sites is 1. The summed E-state index contributed by atoms with van der Waals surface area (Å²) in [6.07, 6.45) is 1.44. The van der Waals surface area contributed by atoms with E-state index in [1.54, 1.807) is 36.4 Å². The van der Waals surface area contributed by atoms with Gasteiger partial charge in [-0.2, -0.15) is 0 Å². The number of methoxy groups -OCH3 is 3. The fourth-order valence-electron chi connectivity index (χ4n) is 2.86. The second-order valence-electron chi connectivity index (χ2n) is 5.72. The predicted molar refractivity (Wildman–Crippen MR) is 109 cm³/mol. The molecule has 0 aromatic heterocycles. The summed E-state index contributed by atoms with van der Waals surface area (Å²) >= 11 is 5.19. The molecule has 2 amide bonds. The number of amides is 2. The number of benzene rings is 2. The molecule has 0 aliphatic carbocycles. The van der Waals surface area contributed by atoms with Gasteiger partial charge in [-0.15, -0.1) is 0 Å². The number of anilines is 1. The third-order valence-electron chi connectivity index (χ3n) is 4.15. The quantitative estimate of drug-likeness (QED) is 0.474. The lowest BCUT2D eigenvalue weighted by molar-refractivity contribution is -0.122. The molecule has 144 valence electrons. The van der Waals surface area contributed by atoms with Gasteiger partial charge in [-0.05, 0) is 42.6 Å². The monoisotopic (exact) mass is 398 g/mol. The number of hydrogen-bond donors (Lipinski definition) is 1. The fourth-order valence-corrected chi connectivity index (χ4v) is 3.14. The molecule has 1 aliphatic heterocycles. The molecule has 0 spiro atoms. The zero-order valence-corrected chi connectivity index (χ0v) is 16.3. The summed E-state index contributed by atoms with van der Waals surface area (Å²) in [5.74, 6) is 0.0524. The van der Waals surface area contributed by atoms with Crippen molar-refractivity contribution in [3.8, 4) is 17.2 Å². The number of rotatable bonds is 5. The third kappa shape index (κ3) is 3.41. The highest BCUT2D eigenvalue weighted by atomic mass is 32.1. The number of nitrogens with zero attached hydrogens (tertiary/aromatic N) is 1. The first kappa shape index (κ1) is 19.4. The third-order valence-corrected chi connectivity index (χ3v) is 4.44. The number of thiocarbonyl (C=S) groups is 1. The Labute approximate surface area is 167 Å². The van der Waals surface area contributed by atoms with Crippen LogP contribution in [0.25, 0.3) is 6.08 Å². The maximum absolute atomic E-state index is 13.0. The van der Waals surface area contributed by atoms with Gasteiger partial charge in [0.05, 0.1) is 27.0 Å². The molecule has 8 heteroatoms. The van der Waals surface area contributed by atoms with Crippen molar-refractivity contribution in [1.82, 2.24) is 5.32 Å². The molecular weight excluding hydrogens is 380 g/mol. The molecule has 1 N–H and O–H groups in total. The van der Waals surface area contributed by atoms with Gasteiger partial charge in [0, 0.05) is 5.56 Å². The van der Waals surface area contributed by atoms with E-state index in [4.69, 9.17) is 26.4 Å². The van der Waals surface area contributed by atoms with Crippen LogP contribution >= 0.6 is 12.2 Å². The Hall–Kier alpha value is -3.39. The van der Waals surface area contributed by atoms with Gasteiger partial charge in [-0.3, -0.25) is 19.8 Å². The molecule has 3 rings (SSSR count). The van der Waals surface area contributed by atoms with E-state index >= 15 is 0 Å². The zero-order chi connectivity index (χ0) is 20.3. The van der Waals surface area contributed by atoms with Crippen molar-refractivity contribution in [3.05, 3.63) is 53.6 Å². The van der Waals surface area contributed by atoms with Crippen LogP contribution in [0.4, 0.5) is 5.69 Å². The van der Waals surface area contributed by atoms with Crippen molar-refractivity contribution < 1.29 is 23.8 Å². The van der Waals surface area contributed by atoms with Gasteiger partial charge >= 0.3 is 0 Å². The van der Waals surface area contributed by atoms with Crippen molar-refractivity contribution in [2.45, 2.75) is 0 Å². The van der Waals surface area contributed by atoms with Gasteiger partial charge in [-0.1, -0.05) is 18.2 Å². The summed E-state index contributed by atoms with van der Waals surface area (Å²) in [5.41, 5.74) is 0.963. The Morgan fingerprint density at radius 2 is 1.61 bits per heavy atom. The van der Waals surface area contributed by atoms with E-state index in [1.165, 1.54) is 32.3 Å². The molecule has 1 fully saturated rings. The van der Waals surface area contributed by atoms with Crippen molar-refractivity contribution in [3.63, 3.8) is 0 Å². The molecule has 0 radical (unpaired) electrons. The van der Waals surface area contributed by atoms with Crippen LogP contribution in [-0.2, 0) is 9.59 Å². The van der Waals surface area contributed by atoms with Crippen molar-refractivity contribution in [1.29, 1.82) is 0 Å². The van der Waals surface area contributed by atoms with Crippen molar-refractivity contribution >= 4 is 40.9 Å². The van der Waals surface area contributed by atoms with Crippen LogP contribution in [0.1, 0.15) is 5.56 Å². The first-order valence-corrected chi connectivity index (χ1v) is 8.68. The minimum Gasteiger partial charge on any atom is -0.493 e. The molecule has 2 aromatic carbocycles. The van der Waals surface area contributed by atoms with E-state index in [2.05, 4.69) is 5.32 Å². The Morgan fingerprint density at radius 1 is 0.929 bits per heavy atom. The number of carbonyl (C=O) groups excluding carboxylic acids is 2. The molecule has 28 heavy (non-hydrogen) atoms. The second-order valence-corrected chi connectivity index (χ2v) is 6.10. The summed E-state index contributed by atoms with van der Waals surface area (Å²) in [7, 11) is 4.45. The molecule has 1 heterocycles. The van der Waals surface area contributed by atoms with Crippen LogP contribution in [-0.4, -0.2) is 38.3 Å². The lowest BCUT2D eigenvalue weighted by atomic mass is 10.1. The number of ether oxygens (including phenoxy) is 3. The highest BCUT2D eigenvalue weighted by molar-refractivity contribution is 7.80. The average molecular weight is 398 g/mol. The largest absolute Gasteiger partial charge is 0.493 e. The molecule has 7 nitrogen and oxygen atoms in total. The van der Waals surface area contributed by atoms with E-state index in [-0.39, 0.29) is 10.7 Å². The average Bonchev–Trinajstić information content (AvgIpc) is 2.70. The molecule has 0 bridgehead atoms. The van der Waals surface area contributed by atoms with Crippen LogP contribution in [0, 0.1) is 0 Å². The first-order chi connectivity index (χ1) is 13.5. The maximum Gasteiger partial charge on any atom is 0.270 e. The molecule has 1 saturated heterocycles. The van der Waals surface area contributed by atoms with E-state index in [1.807, 2.05) is 6.07 Å². The molecule has 1 aliphatic rings. The summed E-state index contributed by atoms with van der Waals surface area (Å²) in [6.45, 7) is 0. The number of carbonyl (C=O) groups is 2. The minimum atomic E-state index is -0.584. The molecule has 0 atom stereocenters.